The first-order chi connectivity index (χ1) is 13.2. The first-order valence-electron chi connectivity index (χ1n) is 7.88. The summed E-state index contributed by atoms with van der Waals surface area (Å²) in [6.07, 6.45) is 1.39. The van der Waals surface area contributed by atoms with E-state index in [4.69, 9.17) is 4.74 Å². The van der Waals surface area contributed by atoms with E-state index in [0.29, 0.717) is 22.5 Å². The van der Waals surface area contributed by atoms with Crippen molar-refractivity contribution in [3.05, 3.63) is 58.1 Å². The lowest BCUT2D eigenvalue weighted by molar-refractivity contribution is -0.384. The van der Waals surface area contributed by atoms with Crippen LogP contribution in [0.25, 0.3) is 22.1 Å². The number of nitrogens with zero attached hydrogens (tertiary/aromatic N) is 5. The van der Waals surface area contributed by atoms with E-state index < -0.39 is 4.92 Å². The number of H-pyrrole nitrogens is 1. The molecule has 10 heteroatoms. The highest BCUT2D eigenvalue weighted by molar-refractivity contribution is 6.03. The van der Waals surface area contributed by atoms with Crippen molar-refractivity contribution in [1.29, 1.82) is 0 Å². The maximum absolute atomic E-state index is 10.9. The van der Waals surface area contributed by atoms with Gasteiger partial charge in [0, 0.05) is 28.6 Å². The number of rotatable bonds is 5. The average Bonchev–Trinajstić information content (AvgIpc) is 3.05. The van der Waals surface area contributed by atoms with Crippen LogP contribution in [0.3, 0.4) is 0 Å². The summed E-state index contributed by atoms with van der Waals surface area (Å²) >= 11 is 0. The minimum atomic E-state index is -0.485. The van der Waals surface area contributed by atoms with Gasteiger partial charge in [0.1, 0.15) is 11.3 Å². The monoisotopic (exact) mass is 363 g/mol. The molecule has 0 saturated heterocycles. The topological polar surface area (TPSA) is 131 Å². The second-order valence-corrected chi connectivity index (χ2v) is 5.56. The molecule has 0 aliphatic heterocycles. The number of non-ortho nitro benzene ring substituents is 1. The van der Waals surface area contributed by atoms with Crippen LogP contribution in [-0.2, 0) is 0 Å². The molecule has 0 fully saturated rings. The van der Waals surface area contributed by atoms with Crippen LogP contribution in [0, 0.1) is 10.1 Å². The molecular weight excluding hydrogens is 350 g/mol. The molecule has 2 heterocycles. The highest BCUT2D eigenvalue weighted by Crippen LogP contribution is 2.23. The molecule has 0 radical (unpaired) electrons. The van der Waals surface area contributed by atoms with Crippen molar-refractivity contribution in [3.8, 4) is 5.75 Å². The fourth-order valence-corrected chi connectivity index (χ4v) is 2.66. The van der Waals surface area contributed by atoms with E-state index in [2.05, 4.69) is 30.7 Å². The Balaban J connectivity index is 1.60. The SMILES string of the molecule is COc1ccc([N+](=O)[O-])cc1/C=N\Nc1nnc2c(n1)[nH]c1ccccc12. The van der Waals surface area contributed by atoms with Crippen molar-refractivity contribution in [1.82, 2.24) is 20.2 Å². The summed E-state index contributed by atoms with van der Waals surface area (Å²) in [7, 11) is 1.48. The maximum Gasteiger partial charge on any atom is 0.270 e. The van der Waals surface area contributed by atoms with Gasteiger partial charge in [0.05, 0.1) is 18.2 Å². The van der Waals surface area contributed by atoms with Crippen molar-refractivity contribution in [2.45, 2.75) is 0 Å². The third-order valence-corrected chi connectivity index (χ3v) is 3.91. The minimum Gasteiger partial charge on any atom is -0.496 e. The smallest absolute Gasteiger partial charge is 0.270 e. The lowest BCUT2D eigenvalue weighted by Crippen LogP contribution is -2.00. The lowest BCUT2D eigenvalue weighted by atomic mass is 10.2. The maximum atomic E-state index is 10.9. The zero-order chi connectivity index (χ0) is 18.8. The van der Waals surface area contributed by atoms with Crippen LogP contribution in [0.15, 0.2) is 47.6 Å². The molecule has 4 rings (SSSR count). The zero-order valence-electron chi connectivity index (χ0n) is 14.1. The van der Waals surface area contributed by atoms with Gasteiger partial charge in [-0.1, -0.05) is 18.2 Å². The van der Waals surface area contributed by atoms with Gasteiger partial charge in [0.25, 0.3) is 11.6 Å². The van der Waals surface area contributed by atoms with Crippen LogP contribution < -0.4 is 10.2 Å². The van der Waals surface area contributed by atoms with Crippen molar-refractivity contribution in [2.75, 3.05) is 12.5 Å². The fourth-order valence-electron chi connectivity index (χ4n) is 2.66. The molecule has 134 valence electrons. The predicted molar refractivity (Wildman–Crippen MR) is 100 cm³/mol. The number of ether oxygens (including phenoxy) is 1. The van der Waals surface area contributed by atoms with Gasteiger partial charge in [-0.3, -0.25) is 10.1 Å². The molecule has 2 aromatic heterocycles. The van der Waals surface area contributed by atoms with E-state index in [-0.39, 0.29) is 11.6 Å². The number of fused-ring (bicyclic) bond motifs is 3. The van der Waals surface area contributed by atoms with Crippen LogP contribution in [0.4, 0.5) is 11.6 Å². The number of nitrogens with one attached hydrogen (secondary N) is 2. The average molecular weight is 363 g/mol. The normalized spacial score (nSPS) is 11.3. The number of anilines is 1. The molecule has 2 N–H and O–H groups in total. The van der Waals surface area contributed by atoms with Gasteiger partial charge in [-0.05, 0) is 12.1 Å². The third-order valence-electron chi connectivity index (χ3n) is 3.91. The van der Waals surface area contributed by atoms with E-state index in [1.165, 1.54) is 31.5 Å². The molecule has 0 aliphatic rings. The molecule has 0 amide bonds. The summed E-state index contributed by atoms with van der Waals surface area (Å²) in [6.45, 7) is 0. The van der Waals surface area contributed by atoms with Crippen LogP contribution in [0.2, 0.25) is 0 Å². The number of methoxy groups -OCH3 is 1. The number of para-hydroxylation sites is 1. The van der Waals surface area contributed by atoms with Gasteiger partial charge in [0.2, 0.25) is 0 Å². The van der Waals surface area contributed by atoms with Gasteiger partial charge in [-0.25, -0.2) is 5.43 Å². The highest BCUT2D eigenvalue weighted by Gasteiger charge is 2.10. The number of benzene rings is 2. The summed E-state index contributed by atoms with van der Waals surface area (Å²) in [5.74, 6) is 0.644. The van der Waals surface area contributed by atoms with Crippen molar-refractivity contribution < 1.29 is 9.66 Å². The van der Waals surface area contributed by atoms with Crippen molar-refractivity contribution in [2.24, 2.45) is 5.10 Å². The van der Waals surface area contributed by atoms with E-state index in [0.717, 1.165) is 10.9 Å². The molecule has 0 bridgehead atoms. The van der Waals surface area contributed by atoms with Gasteiger partial charge in [-0.15, -0.1) is 10.2 Å². The van der Waals surface area contributed by atoms with Crippen LogP contribution in [-0.4, -0.2) is 38.4 Å². The summed E-state index contributed by atoms with van der Waals surface area (Å²) in [5, 5.41) is 24.1. The Bertz CT molecular complexity index is 1190. The van der Waals surface area contributed by atoms with Crippen LogP contribution in [0.5, 0.6) is 5.75 Å². The Labute approximate surface area is 152 Å². The summed E-state index contributed by atoms with van der Waals surface area (Å²) < 4.78 is 5.18. The second-order valence-electron chi connectivity index (χ2n) is 5.56. The third kappa shape index (κ3) is 3.11. The molecule has 0 atom stereocenters. The molecule has 0 unspecified atom stereocenters. The van der Waals surface area contributed by atoms with Gasteiger partial charge in [-0.2, -0.15) is 10.1 Å². The first kappa shape index (κ1) is 16.4. The molecule has 0 spiro atoms. The van der Waals surface area contributed by atoms with E-state index >= 15 is 0 Å². The van der Waals surface area contributed by atoms with Crippen LogP contribution in [0.1, 0.15) is 5.56 Å². The number of nitro groups is 1. The highest BCUT2D eigenvalue weighted by atomic mass is 16.6. The molecule has 0 aliphatic carbocycles. The molecule has 0 saturated carbocycles. The van der Waals surface area contributed by atoms with E-state index in [1.54, 1.807) is 0 Å². The Morgan fingerprint density at radius 2 is 2.11 bits per heavy atom. The van der Waals surface area contributed by atoms with Crippen molar-refractivity contribution in [3.63, 3.8) is 0 Å². The van der Waals surface area contributed by atoms with Gasteiger partial charge in [0.15, 0.2) is 5.65 Å². The fraction of sp³-hybridized carbons (Fsp3) is 0.0588. The Morgan fingerprint density at radius 3 is 2.93 bits per heavy atom. The Kier molecular flexibility index (Phi) is 4.05. The van der Waals surface area contributed by atoms with Crippen molar-refractivity contribution >= 4 is 39.9 Å². The lowest BCUT2D eigenvalue weighted by Gasteiger charge is -2.03. The molecule has 2 aromatic carbocycles. The number of hydrazone groups is 1. The van der Waals surface area contributed by atoms with Gasteiger partial charge < -0.3 is 9.72 Å². The number of aromatic amines is 1. The zero-order valence-corrected chi connectivity index (χ0v) is 14.1. The van der Waals surface area contributed by atoms with E-state index in [9.17, 15) is 10.1 Å². The van der Waals surface area contributed by atoms with Crippen LogP contribution >= 0.6 is 0 Å². The largest absolute Gasteiger partial charge is 0.496 e. The Hall–Kier alpha value is -4.08. The summed E-state index contributed by atoms with van der Waals surface area (Å²) in [6, 6.07) is 11.9. The standard InChI is InChI=1S/C17H13N7O3/c1-27-14-7-6-11(24(25)26)8-10(14)9-18-22-17-20-16-15(21-23-17)12-4-2-3-5-13(12)19-16/h2-9H,1H3,(H2,19,20,22,23)/b18-9-. The number of nitro benzene ring substituents is 1. The number of aromatic nitrogens is 4. The molecular formula is C17H13N7O3. The number of hydrogen-bond donors (Lipinski definition) is 2. The summed E-state index contributed by atoms with van der Waals surface area (Å²) in [5.41, 5.74) is 5.21. The number of hydrogen-bond acceptors (Lipinski definition) is 8. The predicted octanol–water partition coefficient (Wildman–Crippen LogP) is 2.87. The van der Waals surface area contributed by atoms with E-state index in [1.807, 2.05) is 24.3 Å². The minimum absolute atomic E-state index is 0.0605. The quantitative estimate of drug-likeness (QED) is 0.316. The molecule has 4 aromatic rings. The Morgan fingerprint density at radius 1 is 1.26 bits per heavy atom. The second kappa shape index (κ2) is 6.67. The van der Waals surface area contributed by atoms with Gasteiger partial charge >= 0.3 is 0 Å². The molecule has 10 nitrogen and oxygen atoms in total. The molecule has 27 heavy (non-hydrogen) atoms. The summed E-state index contributed by atoms with van der Waals surface area (Å²) in [4.78, 5) is 17.9. The first-order valence-corrected chi connectivity index (χ1v) is 7.88.